The largest absolute Gasteiger partial charge is 0.493 e. The summed E-state index contributed by atoms with van der Waals surface area (Å²) in [6, 6.07) is 3.55. The Hall–Kier alpha value is -0.900. The third-order valence-electron chi connectivity index (χ3n) is 1.83. The van der Waals surface area contributed by atoms with Gasteiger partial charge in [0.1, 0.15) is 5.75 Å². The van der Waals surface area contributed by atoms with Crippen molar-refractivity contribution in [1.29, 1.82) is 0 Å². The molecule has 0 radical (unpaired) electrons. The molecule has 0 aliphatic carbocycles. The van der Waals surface area contributed by atoms with E-state index in [1.807, 2.05) is 13.8 Å². The lowest BCUT2D eigenvalue weighted by Gasteiger charge is -2.12. The Morgan fingerprint density at radius 3 is 2.44 bits per heavy atom. The van der Waals surface area contributed by atoms with Crippen LogP contribution in [0.25, 0.3) is 0 Å². The van der Waals surface area contributed by atoms with E-state index >= 15 is 0 Å². The Morgan fingerprint density at radius 1 is 1.31 bits per heavy atom. The minimum atomic E-state index is -4.45. The fraction of sp³-hybridized carbons (Fsp3) is 0.455. The van der Waals surface area contributed by atoms with E-state index in [-0.39, 0.29) is 16.7 Å². The molecule has 1 nitrogen and oxygen atoms in total. The van der Waals surface area contributed by atoms with E-state index in [1.54, 1.807) is 0 Å². The third kappa shape index (κ3) is 3.59. The molecule has 0 heterocycles. The second kappa shape index (κ2) is 4.95. The topological polar surface area (TPSA) is 9.23 Å². The maximum Gasteiger partial charge on any atom is 0.417 e. The molecule has 0 unspecified atom stereocenters. The van der Waals surface area contributed by atoms with Gasteiger partial charge in [-0.05, 0) is 24.1 Å². The first-order chi connectivity index (χ1) is 7.30. The number of benzene rings is 1. The second-order valence-electron chi connectivity index (χ2n) is 3.84. The number of halogens is 4. The monoisotopic (exact) mass is 252 g/mol. The van der Waals surface area contributed by atoms with E-state index in [1.165, 1.54) is 12.1 Å². The van der Waals surface area contributed by atoms with Crippen molar-refractivity contribution in [1.82, 2.24) is 0 Å². The zero-order chi connectivity index (χ0) is 12.3. The first kappa shape index (κ1) is 13.2. The Bertz CT molecular complexity index is 361. The molecule has 0 atom stereocenters. The van der Waals surface area contributed by atoms with Crippen LogP contribution in [0.2, 0.25) is 5.02 Å². The van der Waals surface area contributed by atoms with Gasteiger partial charge in [0, 0.05) is 0 Å². The molecule has 0 amide bonds. The number of rotatable bonds is 3. The van der Waals surface area contributed by atoms with Crippen LogP contribution in [-0.2, 0) is 6.18 Å². The molecule has 0 N–H and O–H groups in total. The average Bonchev–Trinajstić information content (AvgIpc) is 2.14. The molecule has 0 saturated carbocycles. The number of ether oxygens (including phenoxy) is 1. The summed E-state index contributed by atoms with van der Waals surface area (Å²) in [4.78, 5) is 0. The number of alkyl halides is 3. The molecule has 1 aromatic rings. The van der Waals surface area contributed by atoms with Gasteiger partial charge in [-0.15, -0.1) is 0 Å². The predicted octanol–water partition coefficient (Wildman–Crippen LogP) is 4.39. The third-order valence-corrected chi connectivity index (χ3v) is 2.16. The molecular formula is C11H12ClF3O. The highest BCUT2D eigenvalue weighted by Crippen LogP contribution is 2.36. The summed E-state index contributed by atoms with van der Waals surface area (Å²) in [6.45, 7) is 4.21. The van der Waals surface area contributed by atoms with Crippen molar-refractivity contribution in [2.45, 2.75) is 20.0 Å². The van der Waals surface area contributed by atoms with Crippen LogP contribution in [0, 0.1) is 5.92 Å². The molecule has 0 saturated heterocycles. The summed E-state index contributed by atoms with van der Waals surface area (Å²) in [5.41, 5.74) is -0.865. The van der Waals surface area contributed by atoms with Gasteiger partial charge < -0.3 is 4.74 Å². The van der Waals surface area contributed by atoms with E-state index < -0.39 is 11.7 Å². The van der Waals surface area contributed by atoms with E-state index in [4.69, 9.17) is 16.3 Å². The van der Waals surface area contributed by atoms with Gasteiger partial charge in [-0.3, -0.25) is 0 Å². The van der Waals surface area contributed by atoms with Gasteiger partial charge in [0.2, 0.25) is 0 Å². The number of hydrogen-bond acceptors (Lipinski definition) is 1. The second-order valence-corrected chi connectivity index (χ2v) is 4.25. The highest BCUT2D eigenvalue weighted by molar-refractivity contribution is 6.31. The Labute approximate surface area is 97.2 Å². The fourth-order valence-electron chi connectivity index (χ4n) is 1.07. The summed E-state index contributed by atoms with van der Waals surface area (Å²) in [5, 5.41) is -0.315. The van der Waals surface area contributed by atoms with Gasteiger partial charge in [0.05, 0.1) is 17.2 Å². The summed E-state index contributed by atoms with van der Waals surface area (Å²) < 4.78 is 42.7. The van der Waals surface area contributed by atoms with Crippen LogP contribution in [-0.4, -0.2) is 6.61 Å². The maximum absolute atomic E-state index is 12.5. The Morgan fingerprint density at radius 2 is 1.94 bits per heavy atom. The van der Waals surface area contributed by atoms with Gasteiger partial charge in [-0.2, -0.15) is 13.2 Å². The van der Waals surface area contributed by atoms with Crippen molar-refractivity contribution in [3.8, 4) is 5.75 Å². The van der Waals surface area contributed by atoms with Crippen LogP contribution in [0.4, 0.5) is 13.2 Å². The first-order valence-electron chi connectivity index (χ1n) is 4.80. The van der Waals surface area contributed by atoms with Crippen molar-refractivity contribution in [2.24, 2.45) is 5.92 Å². The van der Waals surface area contributed by atoms with Crippen LogP contribution >= 0.6 is 11.6 Å². The minimum absolute atomic E-state index is 0.186. The summed E-state index contributed by atoms with van der Waals surface area (Å²) in [6.07, 6.45) is -4.45. The summed E-state index contributed by atoms with van der Waals surface area (Å²) in [5.74, 6) is 0.440. The molecule has 0 spiro atoms. The molecule has 0 fully saturated rings. The summed E-state index contributed by atoms with van der Waals surface area (Å²) >= 11 is 5.47. The maximum atomic E-state index is 12.5. The number of hydrogen-bond donors (Lipinski definition) is 0. The molecular weight excluding hydrogens is 241 g/mol. The first-order valence-corrected chi connectivity index (χ1v) is 5.18. The lowest BCUT2D eigenvalue weighted by molar-refractivity contribution is -0.137. The average molecular weight is 253 g/mol. The van der Waals surface area contributed by atoms with Crippen LogP contribution in [0.5, 0.6) is 5.75 Å². The lowest BCUT2D eigenvalue weighted by atomic mass is 10.2. The molecule has 90 valence electrons. The smallest absolute Gasteiger partial charge is 0.417 e. The highest BCUT2D eigenvalue weighted by atomic mass is 35.5. The quantitative estimate of drug-likeness (QED) is 0.775. The van der Waals surface area contributed by atoms with Gasteiger partial charge in [-0.1, -0.05) is 25.4 Å². The van der Waals surface area contributed by atoms with Crippen molar-refractivity contribution < 1.29 is 17.9 Å². The molecule has 0 bridgehead atoms. The SMILES string of the molecule is CC(C)COc1ccc(Cl)c(C(F)(F)F)c1. The van der Waals surface area contributed by atoms with Crippen LogP contribution in [0.1, 0.15) is 19.4 Å². The van der Waals surface area contributed by atoms with Gasteiger partial charge in [0.15, 0.2) is 0 Å². The molecule has 0 aliphatic heterocycles. The lowest BCUT2D eigenvalue weighted by Crippen LogP contribution is -2.08. The highest BCUT2D eigenvalue weighted by Gasteiger charge is 2.33. The van der Waals surface area contributed by atoms with E-state index in [9.17, 15) is 13.2 Å². The molecule has 1 rings (SSSR count). The van der Waals surface area contributed by atoms with Crippen LogP contribution in [0.3, 0.4) is 0 Å². The molecule has 0 aromatic heterocycles. The normalized spacial score (nSPS) is 11.9. The zero-order valence-electron chi connectivity index (χ0n) is 8.94. The van der Waals surface area contributed by atoms with E-state index in [2.05, 4.69) is 0 Å². The van der Waals surface area contributed by atoms with Gasteiger partial charge >= 0.3 is 6.18 Å². The minimum Gasteiger partial charge on any atom is -0.493 e. The Balaban J connectivity index is 2.90. The van der Waals surface area contributed by atoms with Crippen molar-refractivity contribution >= 4 is 11.6 Å². The van der Waals surface area contributed by atoms with Crippen molar-refractivity contribution in [3.63, 3.8) is 0 Å². The van der Waals surface area contributed by atoms with E-state index in [0.717, 1.165) is 6.07 Å². The van der Waals surface area contributed by atoms with Crippen molar-refractivity contribution in [3.05, 3.63) is 28.8 Å². The molecule has 5 heteroatoms. The summed E-state index contributed by atoms with van der Waals surface area (Å²) in [7, 11) is 0. The van der Waals surface area contributed by atoms with Gasteiger partial charge in [0.25, 0.3) is 0 Å². The van der Waals surface area contributed by atoms with E-state index in [0.29, 0.717) is 6.61 Å². The molecule has 0 aliphatic rings. The predicted molar refractivity (Wildman–Crippen MR) is 56.8 cm³/mol. The fourth-order valence-corrected chi connectivity index (χ4v) is 1.30. The van der Waals surface area contributed by atoms with Crippen LogP contribution in [0.15, 0.2) is 18.2 Å². The Kier molecular flexibility index (Phi) is 4.08. The standard InChI is InChI=1S/C11H12ClF3O/c1-7(2)6-16-8-3-4-10(12)9(5-8)11(13,14)15/h3-5,7H,6H2,1-2H3. The van der Waals surface area contributed by atoms with Crippen molar-refractivity contribution in [2.75, 3.05) is 6.61 Å². The molecule has 16 heavy (non-hydrogen) atoms. The molecule has 1 aromatic carbocycles. The van der Waals surface area contributed by atoms with Gasteiger partial charge in [-0.25, -0.2) is 0 Å². The zero-order valence-corrected chi connectivity index (χ0v) is 9.69. The van der Waals surface area contributed by atoms with Crippen LogP contribution < -0.4 is 4.74 Å².